The molecule has 0 unspecified atom stereocenters. The van der Waals surface area contributed by atoms with Crippen LogP contribution in [0.4, 0.5) is 0 Å². The van der Waals surface area contributed by atoms with Gasteiger partial charge in [0, 0.05) is 13.6 Å². The van der Waals surface area contributed by atoms with Crippen LogP contribution in [-0.4, -0.2) is 46.2 Å². The molecule has 0 fully saturated rings. The van der Waals surface area contributed by atoms with Gasteiger partial charge in [-0.2, -0.15) is 0 Å². The molecule has 3 rings (SSSR count). The van der Waals surface area contributed by atoms with Crippen molar-refractivity contribution in [2.24, 2.45) is 7.05 Å². The first-order valence-corrected chi connectivity index (χ1v) is 8.33. The Morgan fingerprint density at radius 3 is 2.96 bits per heavy atom. The Balaban J connectivity index is 1.42. The molecule has 1 aliphatic rings. The van der Waals surface area contributed by atoms with Crippen LogP contribution < -0.4 is 14.8 Å². The molecule has 1 amide bonds. The van der Waals surface area contributed by atoms with E-state index in [2.05, 4.69) is 15.5 Å². The molecule has 1 N–H and O–H groups in total. The summed E-state index contributed by atoms with van der Waals surface area (Å²) in [5.74, 6) is 1.87. The summed E-state index contributed by atoms with van der Waals surface area (Å²) >= 11 is 1.37. The van der Waals surface area contributed by atoms with Gasteiger partial charge in [0.25, 0.3) is 0 Å². The molecule has 0 aliphatic carbocycles. The van der Waals surface area contributed by atoms with Crippen LogP contribution in [0.15, 0.2) is 29.7 Å². The fraction of sp³-hybridized carbons (Fsp3) is 0.400. The summed E-state index contributed by atoms with van der Waals surface area (Å²) in [6.07, 6.45) is 2.36. The van der Waals surface area contributed by atoms with E-state index >= 15 is 0 Å². The van der Waals surface area contributed by atoms with Crippen LogP contribution in [0, 0.1) is 0 Å². The number of carbonyl (C=O) groups excluding carboxylic acids is 1. The van der Waals surface area contributed by atoms with Crippen LogP contribution in [0.2, 0.25) is 0 Å². The third kappa shape index (κ3) is 4.16. The van der Waals surface area contributed by atoms with Crippen LogP contribution in [0.1, 0.15) is 5.56 Å². The molecule has 2 aromatic rings. The van der Waals surface area contributed by atoms with Gasteiger partial charge in [-0.15, -0.1) is 10.2 Å². The van der Waals surface area contributed by atoms with Crippen molar-refractivity contribution in [2.45, 2.75) is 11.6 Å². The summed E-state index contributed by atoms with van der Waals surface area (Å²) in [7, 11) is 1.85. The monoisotopic (exact) mass is 334 g/mol. The summed E-state index contributed by atoms with van der Waals surface area (Å²) in [5, 5.41) is 11.3. The standard InChI is InChI=1S/C15H18N4O3S/c1-19-10-17-18-15(19)23-9-14(20)16-5-4-11-2-3-12-13(8-11)22-7-6-21-12/h2-3,8,10H,4-7,9H2,1H3,(H,16,20). The molecule has 0 atom stereocenters. The molecule has 2 heterocycles. The van der Waals surface area contributed by atoms with Crippen molar-refractivity contribution in [3.8, 4) is 11.5 Å². The van der Waals surface area contributed by atoms with Gasteiger partial charge in [0.15, 0.2) is 16.7 Å². The molecule has 0 radical (unpaired) electrons. The fourth-order valence-electron chi connectivity index (χ4n) is 2.17. The first-order chi connectivity index (χ1) is 11.2. The Bertz CT molecular complexity index is 689. The largest absolute Gasteiger partial charge is 0.486 e. The smallest absolute Gasteiger partial charge is 0.230 e. The lowest BCUT2D eigenvalue weighted by molar-refractivity contribution is -0.118. The van der Waals surface area contributed by atoms with Crippen LogP contribution in [0.5, 0.6) is 11.5 Å². The van der Waals surface area contributed by atoms with Crippen LogP contribution in [0.25, 0.3) is 0 Å². The minimum absolute atomic E-state index is 0.0180. The molecule has 0 spiro atoms. The SMILES string of the molecule is Cn1cnnc1SCC(=O)NCCc1ccc2c(c1)OCCO2. The molecule has 0 bridgehead atoms. The van der Waals surface area contributed by atoms with E-state index in [9.17, 15) is 4.79 Å². The number of amides is 1. The molecule has 0 saturated carbocycles. The van der Waals surface area contributed by atoms with Crippen molar-refractivity contribution < 1.29 is 14.3 Å². The molecule has 1 aliphatic heterocycles. The lowest BCUT2D eigenvalue weighted by atomic mass is 10.1. The zero-order chi connectivity index (χ0) is 16.1. The van der Waals surface area contributed by atoms with E-state index in [4.69, 9.17) is 9.47 Å². The van der Waals surface area contributed by atoms with Gasteiger partial charge in [-0.3, -0.25) is 4.79 Å². The highest BCUT2D eigenvalue weighted by Crippen LogP contribution is 2.30. The average molecular weight is 334 g/mol. The van der Waals surface area contributed by atoms with Crippen molar-refractivity contribution in [3.63, 3.8) is 0 Å². The second kappa shape index (κ2) is 7.36. The Hall–Kier alpha value is -2.22. The number of aryl methyl sites for hydroxylation is 1. The maximum atomic E-state index is 11.8. The van der Waals surface area contributed by atoms with E-state index < -0.39 is 0 Å². The second-order valence-corrected chi connectivity index (χ2v) is 6.03. The molecule has 8 heteroatoms. The van der Waals surface area contributed by atoms with Crippen molar-refractivity contribution in [3.05, 3.63) is 30.1 Å². The van der Waals surface area contributed by atoms with E-state index in [1.807, 2.05) is 25.2 Å². The number of hydrogen-bond donors (Lipinski definition) is 1. The van der Waals surface area contributed by atoms with Gasteiger partial charge < -0.3 is 19.4 Å². The number of carbonyl (C=O) groups is 1. The van der Waals surface area contributed by atoms with E-state index in [1.165, 1.54) is 11.8 Å². The number of benzene rings is 1. The fourth-order valence-corrected chi connectivity index (χ4v) is 2.89. The maximum Gasteiger partial charge on any atom is 0.230 e. The van der Waals surface area contributed by atoms with E-state index in [0.717, 1.165) is 28.6 Å². The van der Waals surface area contributed by atoms with Gasteiger partial charge >= 0.3 is 0 Å². The van der Waals surface area contributed by atoms with Crippen LogP contribution in [0.3, 0.4) is 0 Å². The van der Waals surface area contributed by atoms with Crippen LogP contribution >= 0.6 is 11.8 Å². The number of ether oxygens (including phenoxy) is 2. The van der Waals surface area contributed by atoms with Gasteiger partial charge in [0.05, 0.1) is 5.75 Å². The Morgan fingerprint density at radius 1 is 1.35 bits per heavy atom. The third-order valence-electron chi connectivity index (χ3n) is 3.34. The zero-order valence-corrected chi connectivity index (χ0v) is 13.6. The number of thioether (sulfide) groups is 1. The molecule has 122 valence electrons. The molecule has 1 aromatic heterocycles. The molecule has 23 heavy (non-hydrogen) atoms. The molecular formula is C15H18N4O3S. The molecule has 7 nitrogen and oxygen atoms in total. The number of rotatable bonds is 6. The highest BCUT2D eigenvalue weighted by atomic mass is 32.2. The topological polar surface area (TPSA) is 78.3 Å². The summed E-state index contributed by atoms with van der Waals surface area (Å²) in [6.45, 7) is 1.75. The van der Waals surface area contributed by atoms with E-state index in [0.29, 0.717) is 25.5 Å². The van der Waals surface area contributed by atoms with Crippen molar-refractivity contribution in [1.29, 1.82) is 0 Å². The van der Waals surface area contributed by atoms with E-state index in [-0.39, 0.29) is 5.91 Å². The minimum Gasteiger partial charge on any atom is -0.486 e. The molecular weight excluding hydrogens is 316 g/mol. The van der Waals surface area contributed by atoms with Gasteiger partial charge in [0.2, 0.25) is 5.91 Å². The number of aromatic nitrogens is 3. The summed E-state index contributed by atoms with van der Waals surface area (Å²) in [4.78, 5) is 11.8. The normalized spacial score (nSPS) is 12.9. The minimum atomic E-state index is -0.0180. The summed E-state index contributed by atoms with van der Waals surface area (Å²) < 4.78 is 12.8. The first-order valence-electron chi connectivity index (χ1n) is 7.34. The molecule has 0 saturated heterocycles. The second-order valence-electron chi connectivity index (χ2n) is 5.09. The van der Waals surface area contributed by atoms with Crippen molar-refractivity contribution in [2.75, 3.05) is 25.5 Å². The van der Waals surface area contributed by atoms with Crippen molar-refractivity contribution in [1.82, 2.24) is 20.1 Å². The van der Waals surface area contributed by atoms with Crippen molar-refractivity contribution >= 4 is 17.7 Å². The Morgan fingerprint density at radius 2 is 2.17 bits per heavy atom. The quantitative estimate of drug-likeness (QED) is 0.795. The predicted octanol–water partition coefficient (Wildman–Crippen LogP) is 1.04. The van der Waals surface area contributed by atoms with Crippen LogP contribution in [-0.2, 0) is 18.3 Å². The average Bonchev–Trinajstić information content (AvgIpc) is 2.98. The maximum absolute atomic E-state index is 11.8. The highest BCUT2D eigenvalue weighted by molar-refractivity contribution is 7.99. The third-order valence-corrected chi connectivity index (χ3v) is 4.38. The van der Waals surface area contributed by atoms with Gasteiger partial charge in [0.1, 0.15) is 19.5 Å². The Kier molecular flexibility index (Phi) is 5.02. The Labute approximate surface area is 138 Å². The molecule has 1 aromatic carbocycles. The number of nitrogens with one attached hydrogen (secondary N) is 1. The lowest BCUT2D eigenvalue weighted by Crippen LogP contribution is -2.27. The first kappa shape index (κ1) is 15.7. The summed E-state index contributed by atoms with van der Waals surface area (Å²) in [6, 6.07) is 5.87. The summed E-state index contributed by atoms with van der Waals surface area (Å²) in [5.41, 5.74) is 1.11. The highest BCUT2D eigenvalue weighted by Gasteiger charge is 2.12. The number of fused-ring (bicyclic) bond motifs is 1. The zero-order valence-electron chi connectivity index (χ0n) is 12.8. The lowest BCUT2D eigenvalue weighted by Gasteiger charge is -2.18. The number of hydrogen-bond acceptors (Lipinski definition) is 6. The van der Waals surface area contributed by atoms with Gasteiger partial charge in [-0.25, -0.2) is 0 Å². The number of nitrogens with zero attached hydrogens (tertiary/aromatic N) is 3. The van der Waals surface area contributed by atoms with E-state index in [1.54, 1.807) is 10.9 Å². The van der Waals surface area contributed by atoms with Gasteiger partial charge in [-0.1, -0.05) is 17.8 Å². The predicted molar refractivity (Wildman–Crippen MR) is 85.9 cm³/mol. The van der Waals surface area contributed by atoms with Gasteiger partial charge in [-0.05, 0) is 24.1 Å².